The van der Waals surface area contributed by atoms with Crippen LogP contribution in [-0.4, -0.2) is 41.6 Å². The number of rotatable bonds is 7. The number of pyridine rings is 1. The number of nitrogens with zero attached hydrogens (tertiary/aromatic N) is 3. The first-order valence-corrected chi connectivity index (χ1v) is 13.7. The smallest absolute Gasteiger partial charge is 0.248 e. The van der Waals surface area contributed by atoms with Crippen LogP contribution in [0.5, 0.6) is 0 Å². The molecule has 3 aromatic rings. The Bertz CT molecular complexity index is 1350. The Morgan fingerprint density at radius 3 is 2.53 bits per heavy atom. The quantitative estimate of drug-likeness (QED) is 0.429. The number of anilines is 2. The molecule has 1 amide bonds. The van der Waals surface area contributed by atoms with E-state index in [1.54, 1.807) is 6.07 Å². The molecule has 0 spiro atoms. The molecule has 2 aromatic carbocycles. The van der Waals surface area contributed by atoms with Crippen LogP contribution in [0.3, 0.4) is 0 Å². The average molecular weight is 507 g/mol. The Kier molecular flexibility index (Phi) is 6.73. The summed E-state index contributed by atoms with van der Waals surface area (Å²) in [6.07, 6.45) is 9.00. The second-order valence-electron chi connectivity index (χ2n) is 11.0. The predicted molar refractivity (Wildman–Crippen MR) is 150 cm³/mol. The van der Waals surface area contributed by atoms with E-state index in [0.29, 0.717) is 35.3 Å². The summed E-state index contributed by atoms with van der Waals surface area (Å²) in [5.41, 5.74) is 9.89. The normalized spacial score (nSPS) is 26.2. The molecule has 7 heteroatoms. The number of hydrogen-bond acceptors (Lipinski definition) is 6. The first kappa shape index (κ1) is 24.4. The van der Waals surface area contributed by atoms with Crippen LogP contribution in [0.4, 0.5) is 11.5 Å². The molecule has 3 fully saturated rings. The van der Waals surface area contributed by atoms with E-state index < -0.39 is 5.91 Å². The molecule has 2 heterocycles. The second-order valence-corrected chi connectivity index (χ2v) is 11.0. The highest BCUT2D eigenvalue weighted by atomic mass is 16.1. The molecule has 6 rings (SSSR count). The van der Waals surface area contributed by atoms with E-state index in [9.17, 15) is 4.79 Å². The Labute approximate surface area is 224 Å². The number of carbonyl (C=O) groups is 1. The topological polar surface area (TPSA) is 107 Å². The van der Waals surface area contributed by atoms with E-state index in [2.05, 4.69) is 44.8 Å². The fourth-order valence-electron chi connectivity index (χ4n) is 6.74. The zero-order chi connectivity index (χ0) is 26.1. The number of fused-ring (bicyclic) bond motifs is 2. The number of piperidine rings is 1. The van der Waals surface area contributed by atoms with Crippen molar-refractivity contribution in [3.8, 4) is 17.2 Å². The Hall–Kier alpha value is -3.89. The molecule has 1 aromatic heterocycles. The Morgan fingerprint density at radius 2 is 1.76 bits per heavy atom. The molecule has 38 heavy (non-hydrogen) atoms. The van der Waals surface area contributed by atoms with Crippen LogP contribution < -0.4 is 21.3 Å². The number of carbonyl (C=O) groups excluding carboxylic acids is 1. The lowest BCUT2D eigenvalue weighted by Crippen LogP contribution is -2.56. The van der Waals surface area contributed by atoms with Crippen molar-refractivity contribution in [2.24, 2.45) is 11.7 Å². The van der Waals surface area contributed by atoms with Crippen molar-refractivity contribution in [3.63, 3.8) is 0 Å². The maximum atomic E-state index is 11.6. The van der Waals surface area contributed by atoms with Crippen molar-refractivity contribution in [3.05, 3.63) is 78.0 Å². The Balaban J connectivity index is 1.15. The van der Waals surface area contributed by atoms with Crippen LogP contribution >= 0.6 is 0 Å². The van der Waals surface area contributed by atoms with Gasteiger partial charge in [0.1, 0.15) is 5.82 Å². The molecule has 194 valence electrons. The lowest BCUT2D eigenvalue weighted by molar-refractivity contribution is 0.100. The molecule has 4 N–H and O–H groups in total. The summed E-state index contributed by atoms with van der Waals surface area (Å²) >= 11 is 0. The third kappa shape index (κ3) is 4.97. The zero-order valence-corrected chi connectivity index (χ0v) is 21.5. The van der Waals surface area contributed by atoms with E-state index in [1.165, 1.54) is 31.4 Å². The molecule has 1 saturated heterocycles. The summed E-state index contributed by atoms with van der Waals surface area (Å²) in [5.74, 6) is 1.16. The maximum Gasteiger partial charge on any atom is 0.248 e. The molecule has 3 aliphatic rings. The summed E-state index contributed by atoms with van der Waals surface area (Å²) in [6, 6.07) is 23.4. The minimum atomic E-state index is -0.422. The van der Waals surface area contributed by atoms with Gasteiger partial charge in [-0.3, -0.25) is 4.79 Å². The number of primary amides is 1. The van der Waals surface area contributed by atoms with Crippen LogP contribution in [0.1, 0.15) is 54.4 Å². The minimum Gasteiger partial charge on any atom is -0.367 e. The van der Waals surface area contributed by atoms with Gasteiger partial charge in [-0.1, -0.05) is 25.0 Å². The minimum absolute atomic E-state index is 0.311. The fourth-order valence-corrected chi connectivity index (χ4v) is 6.74. The number of nitriles is 1. The monoisotopic (exact) mass is 506 g/mol. The van der Waals surface area contributed by atoms with Crippen molar-refractivity contribution in [2.75, 3.05) is 16.8 Å². The third-order valence-corrected chi connectivity index (χ3v) is 8.58. The first-order chi connectivity index (χ1) is 18.6. The van der Waals surface area contributed by atoms with Gasteiger partial charge in [0.25, 0.3) is 0 Å². The molecule has 0 unspecified atom stereocenters. The highest BCUT2D eigenvalue weighted by Gasteiger charge is 2.46. The molecule has 5 atom stereocenters. The van der Waals surface area contributed by atoms with Gasteiger partial charge in [0.15, 0.2) is 0 Å². The van der Waals surface area contributed by atoms with Gasteiger partial charge in [-0.2, -0.15) is 5.26 Å². The van der Waals surface area contributed by atoms with E-state index in [1.807, 2.05) is 42.6 Å². The van der Waals surface area contributed by atoms with Crippen molar-refractivity contribution in [1.29, 1.82) is 5.26 Å². The van der Waals surface area contributed by atoms with Gasteiger partial charge in [-0.15, -0.1) is 0 Å². The summed E-state index contributed by atoms with van der Waals surface area (Å²) in [4.78, 5) is 18.8. The molecule has 2 saturated carbocycles. The lowest BCUT2D eigenvalue weighted by Gasteiger charge is -2.41. The summed E-state index contributed by atoms with van der Waals surface area (Å²) in [6.45, 7) is 1.11. The van der Waals surface area contributed by atoms with Gasteiger partial charge in [-0.05, 0) is 91.3 Å². The molecule has 2 aliphatic carbocycles. The van der Waals surface area contributed by atoms with Crippen LogP contribution in [-0.2, 0) is 0 Å². The number of aromatic nitrogens is 1. The van der Waals surface area contributed by atoms with E-state index in [-0.39, 0.29) is 0 Å². The molecular formula is C31H34N6O. The van der Waals surface area contributed by atoms with Crippen molar-refractivity contribution in [1.82, 2.24) is 10.3 Å². The van der Waals surface area contributed by atoms with Crippen LogP contribution in [0, 0.1) is 17.2 Å². The number of nitrogens with two attached hydrogens (primary N) is 1. The van der Waals surface area contributed by atoms with Gasteiger partial charge in [-0.25, -0.2) is 4.98 Å². The number of benzene rings is 2. The number of hydrogen-bond donors (Lipinski definition) is 3. The van der Waals surface area contributed by atoms with Gasteiger partial charge in [0.05, 0.1) is 11.6 Å². The number of nitrogens with one attached hydrogen (secondary N) is 2. The molecular weight excluding hydrogens is 472 g/mol. The van der Waals surface area contributed by atoms with Gasteiger partial charge in [0.2, 0.25) is 5.91 Å². The zero-order valence-electron chi connectivity index (χ0n) is 21.5. The SMILES string of the molecule is N#Cc1ccc(N2C[C@@H]3C[C@H](N[C@@H]4CCCC[C@H]4Nc4cc(-c5cccc(C(N)=O)c5)ccn4)[C@H]2C3)cc1. The van der Waals surface area contributed by atoms with E-state index in [4.69, 9.17) is 11.0 Å². The second kappa shape index (κ2) is 10.5. The average Bonchev–Trinajstić information content (AvgIpc) is 3.55. The summed E-state index contributed by atoms with van der Waals surface area (Å²) in [7, 11) is 0. The van der Waals surface area contributed by atoms with Gasteiger partial charge >= 0.3 is 0 Å². The van der Waals surface area contributed by atoms with Crippen molar-refractivity contribution in [2.45, 2.75) is 62.7 Å². The predicted octanol–water partition coefficient (Wildman–Crippen LogP) is 4.70. The summed E-state index contributed by atoms with van der Waals surface area (Å²) in [5, 5.41) is 17.0. The van der Waals surface area contributed by atoms with Crippen LogP contribution in [0.2, 0.25) is 0 Å². The van der Waals surface area contributed by atoms with Crippen LogP contribution in [0.25, 0.3) is 11.1 Å². The summed E-state index contributed by atoms with van der Waals surface area (Å²) < 4.78 is 0. The third-order valence-electron chi connectivity index (χ3n) is 8.58. The van der Waals surface area contributed by atoms with Crippen molar-refractivity contribution >= 4 is 17.4 Å². The molecule has 1 aliphatic heterocycles. The van der Waals surface area contributed by atoms with Gasteiger partial charge < -0.3 is 21.3 Å². The van der Waals surface area contributed by atoms with Gasteiger partial charge in [0, 0.05) is 48.2 Å². The first-order valence-electron chi connectivity index (χ1n) is 13.7. The highest BCUT2D eigenvalue weighted by molar-refractivity contribution is 5.94. The van der Waals surface area contributed by atoms with E-state index in [0.717, 1.165) is 42.2 Å². The fraction of sp³-hybridized carbons (Fsp3) is 0.387. The molecule has 2 bridgehead atoms. The molecule has 0 radical (unpaired) electrons. The largest absolute Gasteiger partial charge is 0.367 e. The number of amides is 1. The molecule has 7 nitrogen and oxygen atoms in total. The maximum absolute atomic E-state index is 11.6. The Morgan fingerprint density at radius 1 is 0.974 bits per heavy atom. The highest BCUT2D eigenvalue weighted by Crippen LogP contribution is 2.41. The van der Waals surface area contributed by atoms with Crippen molar-refractivity contribution < 1.29 is 4.79 Å². The van der Waals surface area contributed by atoms with E-state index >= 15 is 0 Å². The van der Waals surface area contributed by atoms with Crippen LogP contribution in [0.15, 0.2) is 66.9 Å². The standard InChI is InChI=1S/C31H34N6O/c32-18-20-8-10-25(11-9-20)37-19-21-14-28(29(37)15-21)35-26-6-1-2-7-27(26)36-30-17-23(12-13-34-30)22-4-3-5-24(16-22)31(33)38/h3-5,8-13,16-17,21,26-29,35H,1-2,6-7,14-15,19H2,(H2,33,38)(H,34,36)/t21-,26-,27-,28+,29-/m1/s1. The lowest BCUT2D eigenvalue weighted by atomic mass is 9.89.